The lowest BCUT2D eigenvalue weighted by Crippen LogP contribution is -2.57. The molecule has 3 atom stereocenters. The van der Waals surface area contributed by atoms with Crippen molar-refractivity contribution < 1.29 is 23.5 Å². The van der Waals surface area contributed by atoms with Gasteiger partial charge in [0, 0.05) is 0 Å². The molecule has 0 spiro atoms. The maximum absolute atomic E-state index is 13.7. The fourth-order valence-electron chi connectivity index (χ4n) is 3.90. The molecule has 3 amide bonds. The first-order valence-electron chi connectivity index (χ1n) is 10.8. The van der Waals surface area contributed by atoms with Crippen LogP contribution >= 0.6 is 0 Å². The number of fused-ring (bicyclic) bond motifs is 1. The molecule has 7 nitrogen and oxygen atoms in total. The van der Waals surface area contributed by atoms with Crippen LogP contribution in [0.25, 0.3) is 0 Å². The number of nitrogens with zero attached hydrogens (tertiary/aromatic N) is 1. The molecule has 3 aromatic carbocycles. The van der Waals surface area contributed by atoms with Gasteiger partial charge in [-0.25, -0.2) is 4.39 Å². The van der Waals surface area contributed by atoms with Gasteiger partial charge in [-0.1, -0.05) is 54.6 Å². The van der Waals surface area contributed by atoms with Gasteiger partial charge in [-0.05, 0) is 42.3 Å². The van der Waals surface area contributed by atoms with E-state index in [1.54, 1.807) is 54.6 Å². The number of rotatable bonds is 5. The van der Waals surface area contributed by atoms with Crippen molar-refractivity contribution in [2.45, 2.75) is 31.5 Å². The van der Waals surface area contributed by atoms with E-state index in [4.69, 9.17) is 10.5 Å². The number of nitrogens with one attached hydrogen (secondary N) is 1. The van der Waals surface area contributed by atoms with Gasteiger partial charge < -0.3 is 15.8 Å². The van der Waals surface area contributed by atoms with E-state index >= 15 is 0 Å². The molecule has 1 aliphatic heterocycles. The average Bonchev–Trinajstić information content (AvgIpc) is 2.96. The van der Waals surface area contributed by atoms with Gasteiger partial charge >= 0.3 is 0 Å². The summed E-state index contributed by atoms with van der Waals surface area (Å²) < 4.78 is 19.9. The summed E-state index contributed by atoms with van der Waals surface area (Å²) in [5.74, 6) is -2.14. The lowest BCUT2D eigenvalue weighted by atomic mass is 9.98. The highest BCUT2D eigenvalue weighted by Gasteiger charge is 2.44. The van der Waals surface area contributed by atoms with Crippen molar-refractivity contribution in [3.63, 3.8) is 0 Å². The lowest BCUT2D eigenvalue weighted by Gasteiger charge is -2.34. The Kier molecular flexibility index (Phi) is 6.70. The monoisotopic (exact) mass is 461 g/mol. The molecule has 0 unspecified atom stereocenters. The smallest absolute Gasteiger partial charge is 0.252 e. The first-order valence-corrected chi connectivity index (χ1v) is 10.8. The molecule has 3 N–H and O–H groups in total. The van der Waals surface area contributed by atoms with E-state index in [2.05, 4.69) is 5.32 Å². The van der Waals surface area contributed by atoms with Crippen LogP contribution < -0.4 is 15.8 Å². The summed E-state index contributed by atoms with van der Waals surface area (Å²) in [6.07, 6.45) is -1.29. The molecular formula is C26H24FN3O4. The Morgan fingerprint density at radius 2 is 1.76 bits per heavy atom. The topological polar surface area (TPSA) is 102 Å². The summed E-state index contributed by atoms with van der Waals surface area (Å²) in [4.78, 5) is 41.0. The summed E-state index contributed by atoms with van der Waals surface area (Å²) in [5.41, 5.74) is 7.25. The van der Waals surface area contributed by atoms with Crippen molar-refractivity contribution in [2.75, 3.05) is 5.32 Å². The summed E-state index contributed by atoms with van der Waals surface area (Å²) in [6, 6.07) is 18.8. The van der Waals surface area contributed by atoms with Crippen LogP contribution in [0, 0.1) is 5.82 Å². The summed E-state index contributed by atoms with van der Waals surface area (Å²) in [7, 11) is 0. The second-order valence-electron chi connectivity index (χ2n) is 8.08. The quantitative estimate of drug-likeness (QED) is 0.608. The highest BCUT2D eigenvalue weighted by molar-refractivity contribution is 6.06. The molecule has 0 saturated heterocycles. The summed E-state index contributed by atoms with van der Waals surface area (Å²) in [6.45, 7) is 1.44. The van der Waals surface area contributed by atoms with Gasteiger partial charge in [0.25, 0.3) is 5.91 Å². The van der Waals surface area contributed by atoms with Crippen LogP contribution in [0.4, 0.5) is 10.1 Å². The van der Waals surface area contributed by atoms with E-state index in [-0.39, 0.29) is 6.42 Å². The molecule has 174 valence electrons. The molecule has 8 heteroatoms. The van der Waals surface area contributed by atoms with Crippen LogP contribution in [-0.2, 0) is 20.8 Å². The number of carbonyl (C=O) groups excluding carboxylic acids is 3. The molecule has 1 aliphatic rings. The molecule has 0 fully saturated rings. The van der Waals surface area contributed by atoms with Gasteiger partial charge in [-0.3, -0.25) is 19.3 Å². The van der Waals surface area contributed by atoms with Crippen molar-refractivity contribution >= 4 is 23.4 Å². The van der Waals surface area contributed by atoms with Crippen molar-refractivity contribution in [3.8, 4) is 5.75 Å². The third-order valence-corrected chi connectivity index (χ3v) is 5.50. The van der Waals surface area contributed by atoms with Gasteiger partial charge in [0.15, 0.2) is 12.1 Å². The molecule has 3 aromatic rings. The first kappa shape index (κ1) is 23.1. The number of para-hydroxylation sites is 2. The molecule has 0 bridgehead atoms. The molecule has 0 aliphatic carbocycles. The standard InChI is InChI=1S/C26H24FN3O4/c1-16(28)26(33)30(22(31)15-17-8-7-11-19(27)14-17)23-24(18-9-3-2-4-10-18)34-21-13-6-5-12-20(21)29-25(23)32/h2-14,16,23-24H,15,28H2,1H3,(H,29,32)/t16-,23-,24+/m0/s1. The number of ether oxygens (including phenoxy) is 1. The van der Waals surface area contributed by atoms with Gasteiger partial charge in [0.1, 0.15) is 11.6 Å². The van der Waals surface area contributed by atoms with E-state index in [1.165, 1.54) is 25.1 Å². The van der Waals surface area contributed by atoms with Gasteiger partial charge in [0.2, 0.25) is 11.8 Å². The minimum Gasteiger partial charge on any atom is -0.481 e. The normalized spacial score (nSPS) is 18.0. The Morgan fingerprint density at radius 3 is 2.47 bits per heavy atom. The van der Waals surface area contributed by atoms with Crippen LogP contribution in [0.15, 0.2) is 78.9 Å². The first-order chi connectivity index (χ1) is 16.3. The van der Waals surface area contributed by atoms with Crippen LogP contribution in [-0.4, -0.2) is 34.7 Å². The van der Waals surface area contributed by atoms with Crippen molar-refractivity contribution in [3.05, 3.63) is 95.8 Å². The minimum absolute atomic E-state index is 0.297. The Hall–Kier alpha value is -4.04. The summed E-state index contributed by atoms with van der Waals surface area (Å²) >= 11 is 0. The van der Waals surface area contributed by atoms with E-state index in [1.807, 2.05) is 6.07 Å². The third-order valence-electron chi connectivity index (χ3n) is 5.50. The maximum atomic E-state index is 13.7. The Balaban J connectivity index is 1.80. The fourth-order valence-corrected chi connectivity index (χ4v) is 3.90. The van der Waals surface area contributed by atoms with E-state index < -0.39 is 41.7 Å². The fraction of sp³-hybridized carbons (Fsp3) is 0.192. The Labute approximate surface area is 196 Å². The SMILES string of the molecule is C[C@H](N)C(=O)N(C(=O)Cc1cccc(F)c1)[C@@H]1C(=O)Nc2ccccc2O[C@@H]1c1ccccc1. The second kappa shape index (κ2) is 9.84. The predicted molar refractivity (Wildman–Crippen MR) is 124 cm³/mol. The van der Waals surface area contributed by atoms with Gasteiger partial charge in [-0.15, -0.1) is 0 Å². The van der Waals surface area contributed by atoms with Crippen molar-refractivity contribution in [2.24, 2.45) is 5.73 Å². The molecule has 34 heavy (non-hydrogen) atoms. The zero-order valence-corrected chi connectivity index (χ0v) is 18.5. The number of imide groups is 1. The number of carbonyl (C=O) groups is 3. The maximum Gasteiger partial charge on any atom is 0.252 e. The lowest BCUT2D eigenvalue weighted by molar-refractivity contribution is -0.154. The highest BCUT2D eigenvalue weighted by atomic mass is 19.1. The van der Waals surface area contributed by atoms with Crippen LogP contribution in [0.1, 0.15) is 24.2 Å². The number of halogens is 1. The van der Waals surface area contributed by atoms with Gasteiger partial charge in [0.05, 0.1) is 18.2 Å². The third kappa shape index (κ3) is 4.82. The number of anilines is 1. The summed E-state index contributed by atoms with van der Waals surface area (Å²) in [5, 5.41) is 2.76. The Bertz CT molecular complexity index is 1220. The molecule has 4 rings (SSSR count). The van der Waals surface area contributed by atoms with Gasteiger partial charge in [-0.2, -0.15) is 0 Å². The molecule has 0 radical (unpaired) electrons. The van der Waals surface area contributed by atoms with E-state index in [0.29, 0.717) is 22.6 Å². The van der Waals surface area contributed by atoms with E-state index in [9.17, 15) is 18.8 Å². The predicted octanol–water partition coefficient (Wildman–Crippen LogP) is 3.21. The molecule has 1 heterocycles. The Morgan fingerprint density at radius 1 is 1.06 bits per heavy atom. The highest BCUT2D eigenvalue weighted by Crippen LogP contribution is 2.36. The zero-order valence-electron chi connectivity index (χ0n) is 18.5. The average molecular weight is 461 g/mol. The van der Waals surface area contributed by atoms with Crippen molar-refractivity contribution in [1.82, 2.24) is 4.90 Å². The largest absolute Gasteiger partial charge is 0.481 e. The van der Waals surface area contributed by atoms with Crippen molar-refractivity contribution in [1.29, 1.82) is 0 Å². The van der Waals surface area contributed by atoms with Crippen LogP contribution in [0.2, 0.25) is 0 Å². The van der Waals surface area contributed by atoms with Crippen LogP contribution in [0.3, 0.4) is 0 Å². The minimum atomic E-state index is -1.35. The molecule has 0 saturated carbocycles. The molecule has 0 aromatic heterocycles. The number of nitrogens with two attached hydrogens (primary N) is 1. The van der Waals surface area contributed by atoms with Crippen LogP contribution in [0.5, 0.6) is 5.75 Å². The molecular weight excluding hydrogens is 437 g/mol. The number of amides is 3. The zero-order chi connectivity index (χ0) is 24.2. The number of hydrogen-bond donors (Lipinski definition) is 2. The number of benzene rings is 3. The number of hydrogen-bond acceptors (Lipinski definition) is 5. The van der Waals surface area contributed by atoms with E-state index in [0.717, 1.165) is 4.90 Å². The second-order valence-corrected chi connectivity index (χ2v) is 8.08.